The highest BCUT2D eigenvalue weighted by Gasteiger charge is 2.25. The number of nitrogens with zero attached hydrogens (tertiary/aromatic N) is 1. The molecule has 0 bridgehead atoms. The maximum atomic E-state index is 12.1. The topological polar surface area (TPSA) is 41.6 Å². The molecule has 98 valence electrons. The number of ether oxygens (including phenoxy) is 1. The second-order valence-electron chi connectivity index (χ2n) is 4.96. The van der Waals surface area contributed by atoms with E-state index in [1.807, 2.05) is 45.0 Å². The Balaban J connectivity index is 1.97. The van der Waals surface area contributed by atoms with Crippen LogP contribution in [0.15, 0.2) is 24.3 Å². The molecule has 2 atom stereocenters. The number of hydrogen-bond donors (Lipinski definition) is 1. The number of anilines is 1. The van der Waals surface area contributed by atoms with Crippen LogP contribution >= 0.6 is 0 Å². The molecule has 1 aromatic carbocycles. The van der Waals surface area contributed by atoms with Gasteiger partial charge in [0.25, 0.3) is 0 Å². The van der Waals surface area contributed by atoms with Gasteiger partial charge in [0.2, 0.25) is 0 Å². The lowest BCUT2D eigenvalue weighted by Gasteiger charge is -2.35. The molecular formula is C14H20N2O2. The van der Waals surface area contributed by atoms with Crippen molar-refractivity contribution in [1.29, 1.82) is 0 Å². The maximum absolute atomic E-state index is 12.1. The normalized spacial score (nSPS) is 23.8. The van der Waals surface area contributed by atoms with Crippen molar-refractivity contribution in [3.63, 3.8) is 0 Å². The summed E-state index contributed by atoms with van der Waals surface area (Å²) in [6.45, 7) is 7.28. The summed E-state index contributed by atoms with van der Waals surface area (Å²) in [4.78, 5) is 13.9. The molecular weight excluding hydrogens is 228 g/mol. The number of morpholine rings is 1. The van der Waals surface area contributed by atoms with Crippen LogP contribution in [-0.2, 0) is 4.74 Å². The predicted octanol–water partition coefficient (Wildman–Crippen LogP) is 2.64. The van der Waals surface area contributed by atoms with Crippen molar-refractivity contribution in [2.45, 2.75) is 33.0 Å². The van der Waals surface area contributed by atoms with Crippen molar-refractivity contribution in [1.82, 2.24) is 4.90 Å². The van der Waals surface area contributed by atoms with Gasteiger partial charge in [-0.2, -0.15) is 0 Å². The third-order valence-electron chi connectivity index (χ3n) is 3.01. The van der Waals surface area contributed by atoms with E-state index >= 15 is 0 Å². The Bertz CT molecular complexity index is 406. The van der Waals surface area contributed by atoms with Crippen molar-refractivity contribution in [3.05, 3.63) is 29.8 Å². The zero-order valence-electron chi connectivity index (χ0n) is 11.1. The van der Waals surface area contributed by atoms with Gasteiger partial charge in [-0.3, -0.25) is 0 Å². The van der Waals surface area contributed by atoms with E-state index in [2.05, 4.69) is 5.32 Å². The van der Waals surface area contributed by atoms with Crippen LogP contribution in [0.2, 0.25) is 0 Å². The Morgan fingerprint density at radius 3 is 2.33 bits per heavy atom. The van der Waals surface area contributed by atoms with Crippen LogP contribution in [0.25, 0.3) is 0 Å². The van der Waals surface area contributed by atoms with Gasteiger partial charge in [-0.15, -0.1) is 0 Å². The van der Waals surface area contributed by atoms with Crippen molar-refractivity contribution in [3.8, 4) is 0 Å². The monoisotopic (exact) mass is 248 g/mol. The molecule has 4 heteroatoms. The van der Waals surface area contributed by atoms with E-state index in [1.54, 1.807) is 4.90 Å². The Kier molecular flexibility index (Phi) is 3.87. The third kappa shape index (κ3) is 3.23. The molecule has 1 fully saturated rings. The van der Waals surface area contributed by atoms with Gasteiger partial charge in [0.1, 0.15) is 0 Å². The number of urea groups is 1. The van der Waals surface area contributed by atoms with Gasteiger partial charge in [0, 0.05) is 18.8 Å². The van der Waals surface area contributed by atoms with Gasteiger partial charge in [0.05, 0.1) is 12.2 Å². The van der Waals surface area contributed by atoms with E-state index in [-0.39, 0.29) is 18.2 Å². The molecule has 0 spiro atoms. The van der Waals surface area contributed by atoms with E-state index in [0.717, 1.165) is 5.69 Å². The third-order valence-corrected chi connectivity index (χ3v) is 3.01. The lowest BCUT2D eigenvalue weighted by atomic mass is 10.2. The van der Waals surface area contributed by atoms with E-state index in [9.17, 15) is 4.79 Å². The Hall–Kier alpha value is -1.55. The van der Waals surface area contributed by atoms with Crippen molar-refractivity contribution >= 4 is 11.7 Å². The first kappa shape index (κ1) is 12.9. The fourth-order valence-electron chi connectivity index (χ4n) is 2.18. The highest BCUT2D eigenvalue weighted by molar-refractivity contribution is 5.89. The molecule has 0 saturated carbocycles. The number of hydrogen-bond acceptors (Lipinski definition) is 2. The maximum Gasteiger partial charge on any atom is 0.322 e. The number of carbonyl (C=O) groups excluding carboxylic acids is 1. The molecule has 1 N–H and O–H groups in total. The average molecular weight is 248 g/mol. The van der Waals surface area contributed by atoms with Crippen molar-refractivity contribution < 1.29 is 9.53 Å². The van der Waals surface area contributed by atoms with Crippen molar-refractivity contribution in [2.75, 3.05) is 18.4 Å². The lowest BCUT2D eigenvalue weighted by Crippen LogP contribution is -2.49. The molecule has 0 radical (unpaired) electrons. The largest absolute Gasteiger partial charge is 0.372 e. The van der Waals surface area contributed by atoms with Gasteiger partial charge in [-0.05, 0) is 32.9 Å². The van der Waals surface area contributed by atoms with E-state index in [0.29, 0.717) is 13.1 Å². The summed E-state index contributed by atoms with van der Waals surface area (Å²) >= 11 is 0. The second-order valence-corrected chi connectivity index (χ2v) is 4.96. The summed E-state index contributed by atoms with van der Waals surface area (Å²) in [5.41, 5.74) is 2.01. The van der Waals surface area contributed by atoms with Gasteiger partial charge < -0.3 is 15.0 Å². The first-order valence-corrected chi connectivity index (χ1v) is 6.32. The SMILES string of the molecule is Cc1ccc(NC(=O)N2C[C@@H](C)O[C@H](C)C2)cc1. The number of aryl methyl sites for hydroxylation is 1. The second kappa shape index (κ2) is 5.40. The number of benzene rings is 1. The molecule has 1 saturated heterocycles. The highest BCUT2D eigenvalue weighted by atomic mass is 16.5. The van der Waals surface area contributed by atoms with Crippen LogP contribution in [0.1, 0.15) is 19.4 Å². The molecule has 1 heterocycles. The molecule has 0 unspecified atom stereocenters. The number of carbonyl (C=O) groups is 1. The summed E-state index contributed by atoms with van der Waals surface area (Å²) in [7, 11) is 0. The first-order valence-electron chi connectivity index (χ1n) is 6.32. The molecule has 4 nitrogen and oxygen atoms in total. The van der Waals surface area contributed by atoms with E-state index in [1.165, 1.54) is 5.56 Å². The first-order chi connectivity index (χ1) is 8.54. The number of amides is 2. The zero-order valence-corrected chi connectivity index (χ0v) is 11.1. The molecule has 2 rings (SSSR count). The smallest absolute Gasteiger partial charge is 0.322 e. The highest BCUT2D eigenvalue weighted by Crippen LogP contribution is 2.14. The lowest BCUT2D eigenvalue weighted by molar-refractivity contribution is -0.0530. The number of nitrogens with one attached hydrogen (secondary N) is 1. The molecule has 0 aliphatic carbocycles. The summed E-state index contributed by atoms with van der Waals surface area (Å²) < 4.78 is 5.61. The molecule has 1 aliphatic rings. The van der Waals surface area contributed by atoms with E-state index in [4.69, 9.17) is 4.74 Å². The minimum Gasteiger partial charge on any atom is -0.372 e. The fourth-order valence-corrected chi connectivity index (χ4v) is 2.18. The molecule has 2 amide bonds. The summed E-state index contributed by atoms with van der Waals surface area (Å²) in [6.07, 6.45) is 0.190. The minimum atomic E-state index is -0.0548. The molecule has 0 aromatic heterocycles. The van der Waals surface area contributed by atoms with Gasteiger partial charge >= 0.3 is 6.03 Å². The molecule has 18 heavy (non-hydrogen) atoms. The summed E-state index contributed by atoms with van der Waals surface area (Å²) in [5.74, 6) is 0. The fraction of sp³-hybridized carbons (Fsp3) is 0.500. The van der Waals surface area contributed by atoms with Crippen molar-refractivity contribution in [2.24, 2.45) is 0 Å². The van der Waals surface area contributed by atoms with Gasteiger partial charge in [0.15, 0.2) is 0 Å². The zero-order chi connectivity index (χ0) is 13.1. The van der Waals surface area contributed by atoms with Crippen LogP contribution < -0.4 is 5.32 Å². The van der Waals surface area contributed by atoms with Crippen LogP contribution in [0.3, 0.4) is 0 Å². The number of rotatable bonds is 1. The summed E-state index contributed by atoms with van der Waals surface area (Å²) in [6, 6.07) is 7.75. The van der Waals surface area contributed by atoms with Crippen LogP contribution in [0, 0.1) is 6.92 Å². The Morgan fingerprint density at radius 1 is 1.22 bits per heavy atom. The Labute approximate surface area is 108 Å². The quantitative estimate of drug-likeness (QED) is 0.830. The van der Waals surface area contributed by atoms with Crippen LogP contribution in [-0.4, -0.2) is 36.2 Å². The molecule has 1 aromatic rings. The van der Waals surface area contributed by atoms with Crippen LogP contribution in [0.4, 0.5) is 10.5 Å². The Morgan fingerprint density at radius 2 is 1.78 bits per heavy atom. The standard InChI is InChI=1S/C14H20N2O2/c1-10-4-6-13(7-5-10)15-14(17)16-8-11(2)18-12(3)9-16/h4-7,11-12H,8-9H2,1-3H3,(H,15,17)/t11-,12-/m1/s1. The summed E-state index contributed by atoms with van der Waals surface area (Å²) in [5, 5.41) is 2.91. The average Bonchev–Trinajstić information content (AvgIpc) is 2.31. The van der Waals surface area contributed by atoms with Gasteiger partial charge in [-0.25, -0.2) is 4.79 Å². The molecule has 1 aliphatic heterocycles. The minimum absolute atomic E-state index is 0.0548. The predicted molar refractivity (Wildman–Crippen MR) is 71.8 cm³/mol. The van der Waals surface area contributed by atoms with Gasteiger partial charge in [-0.1, -0.05) is 17.7 Å². The van der Waals surface area contributed by atoms with E-state index < -0.39 is 0 Å². The van der Waals surface area contributed by atoms with Crippen LogP contribution in [0.5, 0.6) is 0 Å².